The minimum Gasteiger partial charge on any atom is -0.508 e. The van der Waals surface area contributed by atoms with E-state index in [0.717, 1.165) is 6.42 Å². The summed E-state index contributed by atoms with van der Waals surface area (Å²) < 4.78 is 32.0. The summed E-state index contributed by atoms with van der Waals surface area (Å²) in [5.41, 5.74) is 0.585. The van der Waals surface area contributed by atoms with Crippen molar-refractivity contribution in [2.24, 2.45) is 0 Å². The second-order valence-electron chi connectivity index (χ2n) is 4.09. The molecule has 0 spiro atoms. The molecule has 0 heterocycles. The van der Waals surface area contributed by atoms with Crippen LogP contribution in [-0.2, 0) is 10.1 Å². The van der Waals surface area contributed by atoms with Crippen LogP contribution in [0, 0.1) is 0 Å². The van der Waals surface area contributed by atoms with E-state index in [9.17, 15) is 18.1 Å². The van der Waals surface area contributed by atoms with Crippen LogP contribution in [0.5, 0.6) is 5.75 Å². The van der Waals surface area contributed by atoms with E-state index in [1.165, 1.54) is 12.1 Å². The van der Waals surface area contributed by atoms with Crippen LogP contribution < -0.4 is 4.90 Å². The van der Waals surface area contributed by atoms with Crippen molar-refractivity contribution in [2.75, 3.05) is 11.4 Å². The molecule has 5 nitrogen and oxygen atoms in total. The van der Waals surface area contributed by atoms with Crippen LogP contribution in [0.4, 0.5) is 5.69 Å². The van der Waals surface area contributed by atoms with Gasteiger partial charge in [0, 0.05) is 18.3 Å². The summed E-state index contributed by atoms with van der Waals surface area (Å²) in [6, 6.07) is 6.36. The molecule has 1 rings (SSSR count). The third-order valence-electron chi connectivity index (χ3n) is 2.67. The van der Waals surface area contributed by atoms with Gasteiger partial charge in [0.15, 0.2) is 5.37 Å². The molecule has 1 unspecified atom stereocenters. The lowest BCUT2D eigenvalue weighted by Gasteiger charge is -2.30. The molecule has 1 aromatic rings. The van der Waals surface area contributed by atoms with Gasteiger partial charge in [-0.15, -0.1) is 0 Å². The number of hydrogen-bond donors (Lipinski definition) is 2. The van der Waals surface area contributed by atoms with E-state index in [4.69, 9.17) is 0 Å². The highest BCUT2D eigenvalue weighted by Gasteiger charge is 2.28. The summed E-state index contributed by atoms with van der Waals surface area (Å²) in [6.45, 7) is 4.11. The van der Waals surface area contributed by atoms with Crippen LogP contribution in [0.15, 0.2) is 24.3 Å². The van der Waals surface area contributed by atoms with Gasteiger partial charge in [-0.05, 0) is 25.0 Å². The Labute approximate surface area is 108 Å². The van der Waals surface area contributed by atoms with Crippen molar-refractivity contribution in [1.29, 1.82) is 0 Å². The first-order valence-corrected chi connectivity index (χ1v) is 7.42. The van der Waals surface area contributed by atoms with Gasteiger partial charge in [0.1, 0.15) is 5.75 Å². The molecule has 1 atom stereocenters. The highest BCUT2D eigenvalue weighted by atomic mass is 32.2. The molecule has 6 heteroatoms. The first-order chi connectivity index (χ1) is 8.40. The first-order valence-electron chi connectivity index (χ1n) is 5.92. The van der Waals surface area contributed by atoms with Crippen molar-refractivity contribution in [1.82, 2.24) is 0 Å². The molecule has 0 aliphatic rings. The first kappa shape index (κ1) is 14.8. The van der Waals surface area contributed by atoms with E-state index < -0.39 is 15.5 Å². The molecule has 0 amide bonds. The standard InChI is InChI=1S/C12H19NO4S/c1-3-8-13(12(4-2)18(15,16)17)10-6-5-7-11(14)9-10/h5-7,9,12,14H,3-4,8H2,1-2H3,(H,15,16,17). The predicted octanol–water partition coefficient (Wildman–Crippen LogP) is 2.23. The van der Waals surface area contributed by atoms with Crippen LogP contribution in [-0.4, -0.2) is 30.0 Å². The fraction of sp³-hybridized carbons (Fsp3) is 0.500. The quantitative estimate of drug-likeness (QED) is 0.777. The maximum Gasteiger partial charge on any atom is 0.286 e. The number of rotatable bonds is 6. The number of phenols is 1. The van der Waals surface area contributed by atoms with Crippen molar-refractivity contribution in [3.63, 3.8) is 0 Å². The lowest BCUT2D eigenvalue weighted by atomic mass is 10.2. The van der Waals surface area contributed by atoms with Gasteiger partial charge in [-0.25, -0.2) is 0 Å². The smallest absolute Gasteiger partial charge is 0.286 e. The van der Waals surface area contributed by atoms with Crippen molar-refractivity contribution in [3.8, 4) is 5.75 Å². The maximum absolute atomic E-state index is 11.4. The van der Waals surface area contributed by atoms with E-state index in [1.54, 1.807) is 24.0 Å². The zero-order valence-corrected chi connectivity index (χ0v) is 11.4. The van der Waals surface area contributed by atoms with E-state index in [2.05, 4.69) is 0 Å². The van der Waals surface area contributed by atoms with Crippen molar-refractivity contribution in [3.05, 3.63) is 24.3 Å². The van der Waals surface area contributed by atoms with Crippen molar-refractivity contribution in [2.45, 2.75) is 32.1 Å². The molecule has 1 aromatic carbocycles. The summed E-state index contributed by atoms with van der Waals surface area (Å²) in [4.78, 5) is 1.59. The second-order valence-corrected chi connectivity index (χ2v) is 5.67. The average molecular weight is 273 g/mol. The second kappa shape index (κ2) is 6.06. The number of benzene rings is 1. The number of phenolic OH excluding ortho intramolecular Hbond substituents is 1. The molecule has 18 heavy (non-hydrogen) atoms. The third kappa shape index (κ3) is 3.61. The van der Waals surface area contributed by atoms with E-state index >= 15 is 0 Å². The Kier molecular flexibility index (Phi) is 4.98. The molecular formula is C12H19NO4S. The Balaban J connectivity index is 3.16. The molecule has 0 saturated heterocycles. The van der Waals surface area contributed by atoms with Crippen LogP contribution in [0.3, 0.4) is 0 Å². The van der Waals surface area contributed by atoms with Gasteiger partial charge < -0.3 is 10.0 Å². The zero-order chi connectivity index (χ0) is 13.8. The Morgan fingerprint density at radius 1 is 1.33 bits per heavy atom. The maximum atomic E-state index is 11.4. The average Bonchev–Trinajstić information content (AvgIpc) is 2.27. The highest BCUT2D eigenvalue weighted by Crippen LogP contribution is 2.25. The normalized spacial score (nSPS) is 13.3. The molecule has 102 valence electrons. The molecule has 0 saturated carbocycles. The van der Waals surface area contributed by atoms with Crippen LogP contribution >= 0.6 is 0 Å². The lowest BCUT2D eigenvalue weighted by Crippen LogP contribution is -2.41. The molecule has 0 radical (unpaired) electrons. The van der Waals surface area contributed by atoms with Crippen molar-refractivity contribution < 1.29 is 18.1 Å². The van der Waals surface area contributed by atoms with Gasteiger partial charge in [-0.2, -0.15) is 8.42 Å². The van der Waals surface area contributed by atoms with Gasteiger partial charge in [-0.1, -0.05) is 19.9 Å². The highest BCUT2D eigenvalue weighted by molar-refractivity contribution is 7.86. The predicted molar refractivity (Wildman–Crippen MR) is 71.4 cm³/mol. The van der Waals surface area contributed by atoms with Crippen molar-refractivity contribution >= 4 is 15.8 Å². The minimum atomic E-state index is -4.15. The van der Waals surface area contributed by atoms with Gasteiger partial charge in [0.05, 0.1) is 0 Å². The molecule has 0 aromatic heterocycles. The van der Waals surface area contributed by atoms with Crippen LogP contribution in [0.2, 0.25) is 0 Å². The minimum absolute atomic E-state index is 0.0683. The summed E-state index contributed by atoms with van der Waals surface area (Å²) in [5.74, 6) is 0.0683. The Morgan fingerprint density at radius 2 is 2.00 bits per heavy atom. The van der Waals surface area contributed by atoms with Crippen LogP contribution in [0.1, 0.15) is 26.7 Å². The van der Waals surface area contributed by atoms with E-state index in [1.807, 2.05) is 6.92 Å². The van der Waals surface area contributed by atoms with E-state index in [0.29, 0.717) is 12.2 Å². The number of anilines is 1. The third-order valence-corrected chi connectivity index (χ3v) is 3.94. The Bertz CT molecular complexity index is 487. The molecule has 0 aliphatic carbocycles. The SMILES string of the molecule is CCCN(c1cccc(O)c1)C(CC)S(=O)(=O)O. The number of hydrogen-bond acceptors (Lipinski definition) is 4. The van der Waals surface area contributed by atoms with Gasteiger partial charge in [-0.3, -0.25) is 4.55 Å². The lowest BCUT2D eigenvalue weighted by molar-refractivity contribution is 0.457. The van der Waals surface area contributed by atoms with Gasteiger partial charge in [0.2, 0.25) is 0 Å². The molecule has 0 bridgehead atoms. The number of nitrogens with zero attached hydrogens (tertiary/aromatic N) is 1. The summed E-state index contributed by atoms with van der Waals surface area (Å²) >= 11 is 0. The fourth-order valence-corrected chi connectivity index (χ4v) is 2.91. The molecular weight excluding hydrogens is 254 g/mol. The van der Waals surface area contributed by atoms with Gasteiger partial charge >= 0.3 is 0 Å². The summed E-state index contributed by atoms with van der Waals surface area (Å²) in [7, 11) is -4.15. The van der Waals surface area contributed by atoms with Crippen LogP contribution in [0.25, 0.3) is 0 Å². The topological polar surface area (TPSA) is 77.8 Å². The number of aromatic hydroxyl groups is 1. The Morgan fingerprint density at radius 3 is 2.44 bits per heavy atom. The monoisotopic (exact) mass is 273 g/mol. The fourth-order valence-electron chi connectivity index (χ4n) is 1.94. The molecule has 2 N–H and O–H groups in total. The summed E-state index contributed by atoms with van der Waals surface area (Å²) in [5, 5.41) is 8.46. The van der Waals surface area contributed by atoms with Gasteiger partial charge in [0.25, 0.3) is 10.1 Å². The zero-order valence-electron chi connectivity index (χ0n) is 10.6. The van der Waals surface area contributed by atoms with E-state index in [-0.39, 0.29) is 12.2 Å². The summed E-state index contributed by atoms with van der Waals surface area (Å²) in [6.07, 6.45) is 1.01. The Hall–Kier alpha value is -1.27. The molecule has 0 aliphatic heterocycles. The largest absolute Gasteiger partial charge is 0.508 e. The molecule has 0 fully saturated rings.